The van der Waals surface area contributed by atoms with Crippen molar-refractivity contribution in [1.82, 2.24) is 4.90 Å². The molecular weight excluding hydrogens is 1970 g/mol. The van der Waals surface area contributed by atoms with Crippen LogP contribution in [0.3, 0.4) is 0 Å². The Balaban J connectivity index is 0.000000645. The fourth-order valence-electron chi connectivity index (χ4n) is 14.4. The first-order valence-electron chi connectivity index (χ1n) is 41.9. The number of carbonyl (C=O) groups excluding carboxylic acids is 10. The number of phenolic OH excluding ortho intramolecular Hbond substituents is 25. The predicted molar refractivity (Wildman–Crippen MR) is 483 cm³/mol. The van der Waals surface area contributed by atoms with Crippen molar-refractivity contribution >= 4 is 71.3 Å². The van der Waals surface area contributed by atoms with Gasteiger partial charge in [-0.3, -0.25) is 0 Å². The van der Waals surface area contributed by atoms with Gasteiger partial charge in [-0.25, -0.2) is 47.9 Å². The molecule has 2 fully saturated rings. The highest BCUT2D eigenvalue weighted by molar-refractivity contribution is 6.30. The second-order valence-electron chi connectivity index (χ2n) is 32.0. The zero-order valence-electron chi connectivity index (χ0n) is 74.4. The lowest BCUT2D eigenvalue weighted by Crippen LogP contribution is -2.63. The summed E-state index contributed by atoms with van der Waals surface area (Å²) in [6, 6.07) is 27.7. The summed E-state index contributed by atoms with van der Waals surface area (Å²) in [5.41, 5.74) is -8.03. The average molecular weight is 2050 g/mol. The van der Waals surface area contributed by atoms with Gasteiger partial charge in [-0.15, -0.1) is 0 Å². The van der Waals surface area contributed by atoms with Crippen LogP contribution in [0, 0.1) is 0 Å². The van der Waals surface area contributed by atoms with Crippen molar-refractivity contribution in [3.8, 4) is 172 Å². The van der Waals surface area contributed by atoms with E-state index in [1.807, 2.05) is 18.2 Å². The lowest BCUT2D eigenvalue weighted by Gasteiger charge is -2.43. The molecule has 2 aliphatic heterocycles. The summed E-state index contributed by atoms with van der Waals surface area (Å²) in [6.45, 7) is 2.41. The van der Waals surface area contributed by atoms with Crippen molar-refractivity contribution in [2.24, 2.45) is 0 Å². The zero-order valence-corrected chi connectivity index (χ0v) is 75.2. The van der Waals surface area contributed by atoms with Crippen molar-refractivity contribution in [1.29, 1.82) is 0 Å². The molecule has 7 atom stereocenters. The summed E-state index contributed by atoms with van der Waals surface area (Å²) >= 11 is 6.07. The first kappa shape index (κ1) is 104. The number of aromatic hydroxyl groups is 25. The van der Waals surface area contributed by atoms with Crippen LogP contribution < -0.4 is 23.7 Å². The van der Waals surface area contributed by atoms with Gasteiger partial charge >= 0.3 is 59.7 Å². The number of carbonyl (C=O) groups is 10. The molecule has 0 spiro atoms. The quantitative estimate of drug-likeness (QED) is 0.00984. The second kappa shape index (κ2) is 42.7. The normalized spacial score (nSPS) is 15.7. The van der Waals surface area contributed by atoms with Crippen LogP contribution in [0.25, 0.3) is 0 Å². The molecule has 2 unspecified atom stereocenters. The number of ether oxygens (including phenoxy) is 12. The highest BCUT2D eigenvalue weighted by Crippen LogP contribution is 2.49. The fraction of sp³-hybridized carbons (Fsp3) is 0.155. The topological polar surface area (TPSA) is 790 Å². The Labute approximate surface area is 820 Å². The van der Waals surface area contributed by atoms with E-state index in [2.05, 4.69) is 55.3 Å². The van der Waals surface area contributed by atoms with E-state index in [1.165, 1.54) is 24.9 Å². The summed E-state index contributed by atoms with van der Waals surface area (Å²) in [7, 11) is 2.22. The maximum atomic E-state index is 15.3. The minimum Gasteiger partial charge on any atom is -0.504 e. The Morgan fingerprint density at radius 3 is 0.856 bits per heavy atom. The lowest BCUT2D eigenvalue weighted by atomic mass is 9.88. The van der Waals surface area contributed by atoms with Crippen LogP contribution >= 0.6 is 11.6 Å². The van der Waals surface area contributed by atoms with Crippen LogP contribution in [-0.4, -0.2) is 256 Å². The molecule has 0 radical (unpaired) electrons. The van der Waals surface area contributed by atoms with Crippen LogP contribution in [0.4, 0.5) is 0 Å². The van der Waals surface area contributed by atoms with Gasteiger partial charge in [-0.05, 0) is 184 Å². The molecular formula is C97H78ClNO47. The van der Waals surface area contributed by atoms with Crippen LogP contribution in [0.5, 0.6) is 172 Å². The van der Waals surface area contributed by atoms with E-state index in [9.17, 15) is 161 Å². The first-order valence-corrected chi connectivity index (χ1v) is 42.3. The number of hydrogen-bond donors (Lipinski definition) is 25. The number of likely N-dealkylation sites (tertiary alicyclic amines) is 1. The fourth-order valence-corrected chi connectivity index (χ4v) is 14.6. The van der Waals surface area contributed by atoms with Crippen LogP contribution in [0.15, 0.2) is 176 Å². The number of benzene rings is 12. The summed E-state index contributed by atoms with van der Waals surface area (Å²) in [5.74, 6) is -56.0. The van der Waals surface area contributed by atoms with Gasteiger partial charge in [0.05, 0.1) is 55.6 Å². The van der Waals surface area contributed by atoms with Crippen LogP contribution in [0.2, 0.25) is 5.02 Å². The van der Waals surface area contributed by atoms with Crippen molar-refractivity contribution in [3.63, 3.8) is 0 Å². The number of nitrogens with zero attached hydrogens (tertiary/aromatic N) is 1. The van der Waals surface area contributed by atoms with Gasteiger partial charge in [0.15, 0.2) is 156 Å². The molecule has 760 valence electrons. The van der Waals surface area contributed by atoms with Crippen molar-refractivity contribution < 1.29 is 232 Å². The van der Waals surface area contributed by atoms with E-state index < -0.39 is 331 Å². The van der Waals surface area contributed by atoms with E-state index in [0.717, 1.165) is 23.6 Å². The smallest absolute Gasteiger partial charge is 0.343 e. The highest BCUT2D eigenvalue weighted by atomic mass is 35.5. The van der Waals surface area contributed by atoms with Crippen LogP contribution in [-0.2, 0) is 38.8 Å². The van der Waals surface area contributed by atoms with E-state index in [4.69, 9.17) is 68.4 Å². The molecule has 0 aromatic heterocycles. The number of rotatable bonds is 27. The monoisotopic (exact) mass is 2040 g/mol. The molecule has 2 saturated heterocycles. The molecule has 146 heavy (non-hydrogen) atoms. The van der Waals surface area contributed by atoms with E-state index >= 15 is 14.4 Å². The molecule has 12 aromatic carbocycles. The van der Waals surface area contributed by atoms with Crippen LogP contribution in [0.1, 0.15) is 141 Å². The number of hydrogen-bond acceptors (Lipinski definition) is 48. The Kier molecular flexibility index (Phi) is 30.4. The molecule has 48 nitrogen and oxygen atoms in total. The first-order chi connectivity index (χ1) is 68.9. The maximum absolute atomic E-state index is 15.3. The molecule has 0 bridgehead atoms. The molecule has 14 rings (SSSR count). The van der Waals surface area contributed by atoms with Gasteiger partial charge in [0.1, 0.15) is 18.3 Å². The minimum absolute atomic E-state index is 0.295. The standard InChI is InChI=1S/C76H52O46.C21H26ClNO/c77-32-1-22(2-33(78)53(32)92)67(103)113-47-16-27(11-42(87)58(47)97)66(102)112-21-52-63(119-72(108)28-12-43(88)59(98)48(17-28)114-68(104)23-3-34(79)54(93)35(80)4-23)64(120-73(109)29-13-44(89)60(99)49(18-29)115-69(105)24-5-36(81)55(94)37(82)6-24)65(121-74(110)30-14-45(90)61(100)50(19-30)116-70(106)25-7-38(83)56(95)39(84)8-25)76(118-52)122-75(111)31-15-46(91)62(101)51(20-31)117-71(107)26-9-40(85)57(96)41(86)10-26;1-21(17-7-4-3-5-8-17,18-10-12-19(22)13-11-18)24-16-14-20-9-6-15-23(20)2/h1-20,52,63-65,76-101H,21H2;3-5,7-8,10-13,20H,6,9,14-16H2,1-2H3/t52-,63-,64+,65-,76+;/m1./s1. The van der Waals surface area contributed by atoms with Gasteiger partial charge in [0.2, 0.25) is 41.1 Å². The zero-order chi connectivity index (χ0) is 106. The Morgan fingerprint density at radius 1 is 0.315 bits per heavy atom. The van der Waals surface area contributed by atoms with Crippen molar-refractivity contribution in [2.75, 3.05) is 26.8 Å². The third-order valence-electron chi connectivity index (χ3n) is 22.1. The number of halogens is 1. The second-order valence-corrected chi connectivity index (χ2v) is 32.4. The maximum Gasteiger partial charge on any atom is 0.343 e. The van der Waals surface area contributed by atoms with Gasteiger partial charge in [0.25, 0.3) is 0 Å². The Morgan fingerprint density at radius 2 is 0.568 bits per heavy atom. The number of phenols is 25. The largest absolute Gasteiger partial charge is 0.504 e. The number of esters is 10. The molecule has 25 N–H and O–H groups in total. The van der Waals surface area contributed by atoms with Crippen molar-refractivity contribution in [2.45, 2.75) is 68.5 Å². The molecule has 12 aromatic rings. The third kappa shape index (κ3) is 22.8. The molecule has 0 aliphatic carbocycles. The van der Waals surface area contributed by atoms with Crippen molar-refractivity contribution in [3.05, 3.63) is 248 Å². The summed E-state index contributed by atoms with van der Waals surface area (Å²) in [5, 5.41) is 262. The van der Waals surface area contributed by atoms with Gasteiger partial charge < -0.3 is 189 Å². The molecule has 2 heterocycles. The Hall–Kier alpha value is -19.5. The summed E-state index contributed by atoms with van der Waals surface area (Å²) in [4.78, 5) is 145. The average Bonchev–Trinajstić information content (AvgIpc) is 0.786. The van der Waals surface area contributed by atoms with E-state index in [0.29, 0.717) is 127 Å². The Bertz CT molecular complexity index is 7110. The molecule has 49 heteroatoms. The molecule has 2 aliphatic rings. The van der Waals surface area contributed by atoms with Gasteiger partial charge in [0, 0.05) is 17.7 Å². The summed E-state index contributed by atoms with van der Waals surface area (Å²) < 4.78 is 66.9. The van der Waals surface area contributed by atoms with Gasteiger partial charge in [-0.2, -0.15) is 0 Å². The highest BCUT2D eigenvalue weighted by Gasteiger charge is 2.56. The SMILES string of the molecule is CN1CCCC1CCOC(C)(c1ccccc1)c1ccc(Cl)cc1.O=C(OC[C@H]1O[C@@H](OC(=O)c2cc(O)c(O)c(OC(=O)c3cc(O)c(O)c(O)c3)c2)[C@H](OC(=O)c2cc(O)c(O)c(OC(=O)c3cc(O)c(O)c(O)c3)c2)[C@@H](OC(=O)c2cc(O)c(O)c(OC(=O)c3cc(O)c(O)c(O)c3)c2)[C@@H]1OC(=O)c1cc(O)c(O)c(OC(=O)c2cc(O)c(O)c(O)c2)c1)c1cc(O)c(O)c(OC(=O)c2cc(O)c(O)c(O)c2)c1. The van der Waals surface area contributed by atoms with Gasteiger partial charge in [-0.1, -0.05) is 54.1 Å². The predicted octanol–water partition coefficient (Wildman–Crippen LogP) is 9.94. The third-order valence-corrected chi connectivity index (χ3v) is 22.4. The van der Waals surface area contributed by atoms with E-state index in [1.54, 1.807) is 0 Å². The molecule has 0 amide bonds. The molecule has 0 saturated carbocycles. The minimum atomic E-state index is -3.12. The lowest BCUT2D eigenvalue weighted by molar-refractivity contribution is -0.282. The summed E-state index contributed by atoms with van der Waals surface area (Å²) in [6.07, 6.45) is -11.4. The van der Waals surface area contributed by atoms with E-state index in [-0.39, 0.29) is 0 Å².